The van der Waals surface area contributed by atoms with Gasteiger partial charge in [0.05, 0.1) is 11.9 Å². The molecule has 0 N–H and O–H groups in total. The number of carbonyl (C=O) groups excluding carboxylic acids is 1. The van der Waals surface area contributed by atoms with E-state index in [1.165, 1.54) is 0 Å². The van der Waals surface area contributed by atoms with Crippen LogP contribution in [0.25, 0.3) is 32.9 Å². The Labute approximate surface area is 173 Å². The number of hydrogen-bond acceptors (Lipinski definition) is 6. The lowest BCUT2D eigenvalue weighted by molar-refractivity contribution is -0.127. The summed E-state index contributed by atoms with van der Waals surface area (Å²) in [6, 6.07) is 15.8. The summed E-state index contributed by atoms with van der Waals surface area (Å²) in [7, 11) is 5.40. The van der Waals surface area contributed by atoms with Crippen molar-refractivity contribution in [2.45, 2.75) is 0 Å². The van der Waals surface area contributed by atoms with E-state index in [2.05, 4.69) is 22.5 Å². The van der Waals surface area contributed by atoms with Crippen molar-refractivity contribution in [2.75, 3.05) is 32.6 Å². The summed E-state index contributed by atoms with van der Waals surface area (Å²) in [6.07, 6.45) is 1.73. The highest BCUT2D eigenvalue weighted by Crippen LogP contribution is 2.39. The largest absolute Gasteiger partial charge is 0.350 e. The van der Waals surface area contributed by atoms with Crippen molar-refractivity contribution in [1.29, 1.82) is 0 Å². The first-order chi connectivity index (χ1) is 14.0. The highest BCUT2D eigenvalue weighted by molar-refractivity contribution is 7.17. The summed E-state index contributed by atoms with van der Waals surface area (Å²) in [5.41, 5.74) is 2.87. The maximum absolute atomic E-state index is 12.3. The van der Waals surface area contributed by atoms with Crippen molar-refractivity contribution in [3.8, 4) is 22.6 Å². The molecule has 0 spiro atoms. The van der Waals surface area contributed by atoms with E-state index in [-0.39, 0.29) is 12.5 Å². The molecule has 3 aromatic heterocycles. The van der Waals surface area contributed by atoms with E-state index < -0.39 is 0 Å². The molecule has 146 valence electrons. The summed E-state index contributed by atoms with van der Waals surface area (Å²) >= 11 is 1.57. The second kappa shape index (κ2) is 7.97. The minimum absolute atomic E-state index is 0.00939. The molecule has 4 rings (SSSR count). The van der Waals surface area contributed by atoms with Crippen LogP contribution in [0.2, 0.25) is 0 Å². The van der Waals surface area contributed by atoms with E-state index in [0.717, 1.165) is 27.2 Å². The van der Waals surface area contributed by atoms with Gasteiger partial charge in [-0.3, -0.25) is 9.78 Å². The van der Waals surface area contributed by atoms with Crippen molar-refractivity contribution in [3.05, 3.63) is 60.1 Å². The van der Waals surface area contributed by atoms with Crippen molar-refractivity contribution >= 4 is 33.3 Å². The van der Waals surface area contributed by atoms with Crippen molar-refractivity contribution in [3.63, 3.8) is 0 Å². The first kappa shape index (κ1) is 19.0. The number of carbonyl (C=O) groups is 1. The monoisotopic (exact) mass is 403 g/mol. The van der Waals surface area contributed by atoms with E-state index in [9.17, 15) is 4.79 Å². The number of pyridine rings is 1. The third-order valence-corrected chi connectivity index (χ3v) is 5.50. The van der Waals surface area contributed by atoms with Crippen LogP contribution in [0.5, 0.6) is 0 Å². The van der Waals surface area contributed by atoms with Crippen LogP contribution >= 0.6 is 11.3 Å². The number of benzene rings is 1. The van der Waals surface area contributed by atoms with Crippen LogP contribution < -0.4 is 4.90 Å². The van der Waals surface area contributed by atoms with Gasteiger partial charge in [-0.05, 0) is 17.7 Å². The Morgan fingerprint density at radius 1 is 1.00 bits per heavy atom. The number of amides is 1. The fourth-order valence-corrected chi connectivity index (χ4v) is 4.00. The maximum atomic E-state index is 12.3. The number of likely N-dealkylation sites (N-methyl/N-ethyl adjacent to an activating group) is 2. The molecule has 7 heteroatoms. The quantitative estimate of drug-likeness (QED) is 0.505. The summed E-state index contributed by atoms with van der Waals surface area (Å²) in [5.74, 6) is 1.29. The van der Waals surface area contributed by atoms with Gasteiger partial charge in [0.2, 0.25) is 5.91 Å². The van der Waals surface area contributed by atoms with Crippen LogP contribution in [0.3, 0.4) is 0 Å². The summed E-state index contributed by atoms with van der Waals surface area (Å²) in [4.78, 5) is 30.7. The lowest BCUT2D eigenvalue weighted by Gasteiger charge is -2.21. The normalized spacial score (nSPS) is 10.9. The van der Waals surface area contributed by atoms with Crippen LogP contribution in [0.1, 0.15) is 0 Å². The Bertz CT molecular complexity index is 1140. The van der Waals surface area contributed by atoms with E-state index >= 15 is 0 Å². The van der Waals surface area contributed by atoms with Crippen LogP contribution in [-0.2, 0) is 4.79 Å². The number of aromatic nitrogens is 3. The molecule has 0 saturated carbocycles. The highest BCUT2D eigenvalue weighted by atomic mass is 32.1. The fourth-order valence-electron chi connectivity index (χ4n) is 3.06. The van der Waals surface area contributed by atoms with Crippen LogP contribution in [-0.4, -0.2) is 53.4 Å². The number of thiophene rings is 1. The molecule has 0 saturated heterocycles. The van der Waals surface area contributed by atoms with Gasteiger partial charge in [0.25, 0.3) is 0 Å². The van der Waals surface area contributed by atoms with Gasteiger partial charge in [-0.2, -0.15) is 0 Å². The number of hydrogen-bond donors (Lipinski definition) is 0. The summed E-state index contributed by atoms with van der Waals surface area (Å²) in [5, 5.41) is 3.05. The Morgan fingerprint density at radius 2 is 1.76 bits per heavy atom. The molecule has 6 nitrogen and oxygen atoms in total. The number of rotatable bonds is 5. The second-order valence-corrected chi connectivity index (χ2v) is 7.78. The smallest absolute Gasteiger partial charge is 0.241 e. The van der Waals surface area contributed by atoms with Crippen molar-refractivity contribution < 1.29 is 4.79 Å². The highest BCUT2D eigenvalue weighted by Gasteiger charge is 2.20. The van der Waals surface area contributed by atoms with Crippen LogP contribution in [0.15, 0.2) is 60.1 Å². The first-order valence-electron chi connectivity index (χ1n) is 9.22. The molecule has 1 aromatic carbocycles. The van der Waals surface area contributed by atoms with Gasteiger partial charge in [0, 0.05) is 38.3 Å². The van der Waals surface area contributed by atoms with Gasteiger partial charge in [0.1, 0.15) is 16.3 Å². The van der Waals surface area contributed by atoms with Crippen molar-refractivity contribution in [2.24, 2.45) is 0 Å². The zero-order chi connectivity index (χ0) is 20.4. The predicted molar refractivity (Wildman–Crippen MR) is 118 cm³/mol. The molecule has 0 atom stereocenters. The van der Waals surface area contributed by atoms with E-state index in [1.54, 1.807) is 36.5 Å². The van der Waals surface area contributed by atoms with Crippen molar-refractivity contribution in [1.82, 2.24) is 19.9 Å². The molecule has 0 radical (unpaired) electrons. The van der Waals surface area contributed by atoms with Gasteiger partial charge in [-0.15, -0.1) is 11.3 Å². The fraction of sp³-hybridized carbons (Fsp3) is 0.182. The Balaban J connectivity index is 1.90. The van der Waals surface area contributed by atoms with E-state index in [0.29, 0.717) is 11.5 Å². The number of fused-ring (bicyclic) bond motifs is 1. The number of nitrogens with zero attached hydrogens (tertiary/aromatic N) is 5. The van der Waals surface area contributed by atoms with E-state index in [1.807, 2.05) is 48.3 Å². The number of anilines is 1. The third kappa shape index (κ3) is 3.82. The second-order valence-electron chi connectivity index (χ2n) is 6.93. The summed E-state index contributed by atoms with van der Waals surface area (Å²) < 4.78 is 0. The lowest BCUT2D eigenvalue weighted by Crippen LogP contribution is -2.34. The van der Waals surface area contributed by atoms with Gasteiger partial charge in [-0.1, -0.05) is 36.4 Å². The van der Waals surface area contributed by atoms with Gasteiger partial charge in [-0.25, -0.2) is 9.97 Å². The zero-order valence-electron chi connectivity index (χ0n) is 16.5. The molecule has 4 aromatic rings. The average Bonchev–Trinajstić information content (AvgIpc) is 3.18. The van der Waals surface area contributed by atoms with Gasteiger partial charge < -0.3 is 9.80 Å². The molecule has 0 aliphatic rings. The summed E-state index contributed by atoms with van der Waals surface area (Å²) in [6.45, 7) is 0.227. The lowest BCUT2D eigenvalue weighted by atomic mass is 10.1. The SMILES string of the molecule is CN(C)C(=O)CN(C)c1nc(-c2ccccn2)nc2scc(-c3ccccc3)c12. The Hall–Kier alpha value is -3.32. The zero-order valence-corrected chi connectivity index (χ0v) is 17.3. The van der Waals surface area contributed by atoms with Gasteiger partial charge >= 0.3 is 0 Å². The molecule has 0 bridgehead atoms. The molecular formula is C22H21N5OS. The van der Waals surface area contributed by atoms with Crippen LogP contribution in [0.4, 0.5) is 5.82 Å². The first-order valence-corrected chi connectivity index (χ1v) is 10.1. The molecular weight excluding hydrogens is 382 g/mol. The Kier molecular flexibility index (Phi) is 5.22. The molecule has 1 amide bonds. The molecule has 29 heavy (non-hydrogen) atoms. The Morgan fingerprint density at radius 3 is 2.45 bits per heavy atom. The minimum atomic E-state index is 0.00939. The molecule has 3 heterocycles. The maximum Gasteiger partial charge on any atom is 0.241 e. The molecule has 0 aliphatic carbocycles. The molecule has 0 unspecified atom stereocenters. The molecule has 0 fully saturated rings. The third-order valence-electron chi connectivity index (χ3n) is 4.63. The predicted octanol–water partition coefficient (Wildman–Crippen LogP) is 3.94. The topological polar surface area (TPSA) is 62.2 Å². The average molecular weight is 404 g/mol. The van der Waals surface area contributed by atoms with Gasteiger partial charge in [0.15, 0.2) is 5.82 Å². The molecule has 0 aliphatic heterocycles. The standard InChI is InChI=1S/C22H21N5OS/c1-26(2)18(28)13-27(3)21-19-16(15-9-5-4-6-10-15)14-29-22(19)25-20(24-21)17-11-7-8-12-23-17/h4-12,14H,13H2,1-3H3. The minimum Gasteiger partial charge on any atom is -0.350 e. The van der Waals surface area contributed by atoms with Crippen LogP contribution in [0, 0.1) is 0 Å². The van der Waals surface area contributed by atoms with E-state index in [4.69, 9.17) is 9.97 Å².